The van der Waals surface area contributed by atoms with Gasteiger partial charge < -0.3 is 9.80 Å². The third-order valence-electron chi connectivity index (χ3n) is 4.02. The van der Waals surface area contributed by atoms with Crippen molar-refractivity contribution in [3.8, 4) is 0 Å². The van der Waals surface area contributed by atoms with E-state index in [1.807, 2.05) is 11.8 Å². The smallest absolute Gasteiger partial charge is 0.102 e. The summed E-state index contributed by atoms with van der Waals surface area (Å²) in [6.45, 7) is 1.99. The van der Waals surface area contributed by atoms with Crippen LogP contribution in [0.5, 0.6) is 0 Å². The first-order valence-electron chi connectivity index (χ1n) is 7.32. The Balaban J connectivity index is 1.49. The van der Waals surface area contributed by atoms with Crippen LogP contribution in [0.4, 0.5) is 0 Å². The Labute approximate surface area is 130 Å². The minimum atomic E-state index is 0.471. The summed E-state index contributed by atoms with van der Waals surface area (Å²) in [7, 11) is 0. The molecule has 2 aromatic carbocycles. The van der Waals surface area contributed by atoms with E-state index in [0.29, 0.717) is 5.37 Å². The largest absolute Gasteiger partial charge is 0.354 e. The molecule has 2 nitrogen and oxygen atoms in total. The first-order chi connectivity index (χ1) is 10.4. The highest BCUT2D eigenvalue weighted by Gasteiger charge is 2.34. The van der Waals surface area contributed by atoms with Gasteiger partial charge in [0.2, 0.25) is 0 Å². The first kappa shape index (κ1) is 12.8. The Hall–Kier alpha value is -1.87. The summed E-state index contributed by atoms with van der Waals surface area (Å²) >= 11 is 2.03. The second-order valence-corrected chi connectivity index (χ2v) is 6.61. The number of nitrogens with zero attached hydrogens (tertiary/aromatic N) is 2. The highest BCUT2D eigenvalue weighted by molar-refractivity contribution is 7.99. The highest BCUT2D eigenvalue weighted by Crippen LogP contribution is 2.45. The van der Waals surface area contributed by atoms with Crippen molar-refractivity contribution in [1.29, 1.82) is 0 Å². The summed E-state index contributed by atoms with van der Waals surface area (Å²) in [5, 5.41) is 0.471. The number of rotatable bonds is 3. The molecule has 0 bridgehead atoms. The average molecular weight is 294 g/mol. The second-order valence-electron chi connectivity index (χ2n) is 5.54. The summed E-state index contributed by atoms with van der Waals surface area (Å²) in [5.41, 5.74) is 4.25. The standard InChI is InChI=1S/C18H18N2S/c1-3-7-15(8-4-1)11-19-12-17-13-21-18(20(17)14-19)16-9-5-2-6-10-16/h1-10,12,18H,11,13-14H2/t18-/m0/s1. The molecule has 106 valence electrons. The van der Waals surface area contributed by atoms with Gasteiger partial charge in [0.05, 0.1) is 6.67 Å². The molecule has 2 heterocycles. The van der Waals surface area contributed by atoms with Crippen molar-refractivity contribution in [1.82, 2.24) is 9.80 Å². The molecule has 0 radical (unpaired) electrons. The van der Waals surface area contributed by atoms with Crippen LogP contribution in [0.3, 0.4) is 0 Å². The molecular weight excluding hydrogens is 276 g/mol. The SMILES string of the molecule is C1=C2CS[C@@H](c3ccccc3)N2CN1Cc1ccccc1. The van der Waals surface area contributed by atoms with E-state index in [1.165, 1.54) is 16.8 Å². The van der Waals surface area contributed by atoms with Crippen LogP contribution in [0.25, 0.3) is 0 Å². The van der Waals surface area contributed by atoms with Crippen LogP contribution >= 0.6 is 11.8 Å². The van der Waals surface area contributed by atoms with E-state index in [1.54, 1.807) is 0 Å². The lowest BCUT2D eigenvalue weighted by Crippen LogP contribution is -2.26. The fourth-order valence-electron chi connectivity index (χ4n) is 3.02. The van der Waals surface area contributed by atoms with Crippen LogP contribution in [0.1, 0.15) is 16.5 Å². The zero-order valence-corrected chi connectivity index (χ0v) is 12.7. The second kappa shape index (κ2) is 5.49. The molecule has 0 unspecified atom stereocenters. The molecule has 2 aromatic rings. The molecule has 0 aliphatic carbocycles. The lowest BCUT2D eigenvalue weighted by molar-refractivity contribution is 0.246. The van der Waals surface area contributed by atoms with Gasteiger partial charge in [0.15, 0.2) is 0 Å². The molecule has 0 amide bonds. The van der Waals surface area contributed by atoms with Gasteiger partial charge in [-0.05, 0) is 11.1 Å². The van der Waals surface area contributed by atoms with Gasteiger partial charge in [-0.1, -0.05) is 60.7 Å². The van der Waals surface area contributed by atoms with E-state index in [-0.39, 0.29) is 0 Å². The van der Waals surface area contributed by atoms with E-state index in [4.69, 9.17) is 0 Å². The van der Waals surface area contributed by atoms with Crippen LogP contribution in [-0.2, 0) is 6.54 Å². The maximum Gasteiger partial charge on any atom is 0.102 e. The fraction of sp³-hybridized carbons (Fsp3) is 0.222. The summed E-state index contributed by atoms with van der Waals surface area (Å²) in [6, 6.07) is 21.5. The molecule has 0 spiro atoms. The molecule has 1 atom stereocenters. The Morgan fingerprint density at radius 1 is 0.952 bits per heavy atom. The normalized spacial score (nSPS) is 20.6. The summed E-state index contributed by atoms with van der Waals surface area (Å²) in [4.78, 5) is 4.95. The van der Waals surface area contributed by atoms with E-state index < -0.39 is 0 Å². The Morgan fingerprint density at radius 3 is 2.43 bits per heavy atom. The molecule has 4 rings (SSSR count). The molecular formula is C18H18N2S. The monoisotopic (exact) mass is 294 g/mol. The maximum atomic E-state index is 2.53. The third kappa shape index (κ3) is 2.54. The summed E-state index contributed by atoms with van der Waals surface area (Å²) in [6.07, 6.45) is 2.34. The lowest BCUT2D eigenvalue weighted by Gasteiger charge is -2.26. The van der Waals surface area contributed by atoms with Gasteiger partial charge in [-0.3, -0.25) is 0 Å². The minimum absolute atomic E-state index is 0.471. The quantitative estimate of drug-likeness (QED) is 0.843. The number of hydrogen-bond donors (Lipinski definition) is 0. The van der Waals surface area contributed by atoms with Crippen LogP contribution in [-0.4, -0.2) is 22.2 Å². The minimum Gasteiger partial charge on any atom is -0.354 e. The molecule has 0 N–H and O–H groups in total. The Morgan fingerprint density at radius 2 is 1.67 bits per heavy atom. The van der Waals surface area contributed by atoms with Gasteiger partial charge in [-0.25, -0.2) is 0 Å². The van der Waals surface area contributed by atoms with Gasteiger partial charge >= 0.3 is 0 Å². The van der Waals surface area contributed by atoms with Crippen LogP contribution in [0.2, 0.25) is 0 Å². The van der Waals surface area contributed by atoms with Gasteiger partial charge in [0.25, 0.3) is 0 Å². The van der Waals surface area contributed by atoms with Crippen LogP contribution in [0, 0.1) is 0 Å². The van der Waals surface area contributed by atoms with E-state index in [2.05, 4.69) is 76.7 Å². The summed E-state index contributed by atoms with van der Waals surface area (Å²) < 4.78 is 0. The molecule has 2 aliphatic heterocycles. The third-order valence-corrected chi connectivity index (χ3v) is 5.32. The lowest BCUT2D eigenvalue weighted by atomic mass is 10.2. The van der Waals surface area contributed by atoms with E-state index >= 15 is 0 Å². The number of fused-ring (bicyclic) bond motifs is 1. The van der Waals surface area contributed by atoms with Gasteiger partial charge in [0.1, 0.15) is 5.37 Å². The van der Waals surface area contributed by atoms with Crippen molar-refractivity contribution in [3.63, 3.8) is 0 Å². The zero-order chi connectivity index (χ0) is 14.1. The molecule has 1 fully saturated rings. The predicted octanol–water partition coefficient (Wildman–Crippen LogP) is 4.05. The number of benzene rings is 2. The molecule has 3 heteroatoms. The van der Waals surface area contributed by atoms with E-state index in [9.17, 15) is 0 Å². The molecule has 0 saturated carbocycles. The van der Waals surface area contributed by atoms with Crippen molar-refractivity contribution >= 4 is 11.8 Å². The van der Waals surface area contributed by atoms with Crippen molar-refractivity contribution in [2.45, 2.75) is 11.9 Å². The topological polar surface area (TPSA) is 6.48 Å². The fourth-order valence-corrected chi connectivity index (χ4v) is 4.32. The number of hydrogen-bond acceptors (Lipinski definition) is 3. The maximum absolute atomic E-state index is 2.53. The van der Waals surface area contributed by atoms with Crippen LogP contribution < -0.4 is 0 Å². The van der Waals surface area contributed by atoms with Crippen molar-refractivity contribution < 1.29 is 0 Å². The average Bonchev–Trinajstić information content (AvgIpc) is 3.09. The predicted molar refractivity (Wildman–Crippen MR) is 88.4 cm³/mol. The van der Waals surface area contributed by atoms with Crippen molar-refractivity contribution in [2.75, 3.05) is 12.4 Å². The molecule has 21 heavy (non-hydrogen) atoms. The molecule has 0 aromatic heterocycles. The zero-order valence-electron chi connectivity index (χ0n) is 11.9. The molecule has 2 aliphatic rings. The first-order valence-corrected chi connectivity index (χ1v) is 8.37. The van der Waals surface area contributed by atoms with Crippen LogP contribution in [0.15, 0.2) is 72.6 Å². The summed E-state index contributed by atoms with van der Waals surface area (Å²) in [5.74, 6) is 1.12. The number of thioether (sulfide) groups is 1. The Bertz CT molecular complexity index is 639. The highest BCUT2D eigenvalue weighted by atomic mass is 32.2. The van der Waals surface area contributed by atoms with E-state index in [0.717, 1.165) is 19.0 Å². The van der Waals surface area contributed by atoms with Gasteiger partial charge in [-0.15, -0.1) is 11.8 Å². The van der Waals surface area contributed by atoms with Crippen molar-refractivity contribution in [2.24, 2.45) is 0 Å². The van der Waals surface area contributed by atoms with Gasteiger partial charge in [-0.2, -0.15) is 0 Å². The molecule has 1 saturated heterocycles. The Kier molecular flexibility index (Phi) is 3.36. The van der Waals surface area contributed by atoms with Gasteiger partial charge in [0, 0.05) is 24.2 Å². The van der Waals surface area contributed by atoms with Crippen molar-refractivity contribution in [3.05, 3.63) is 83.7 Å².